The molecule has 0 aliphatic carbocycles. The molecule has 0 aromatic rings. The van der Waals surface area contributed by atoms with Crippen molar-refractivity contribution in [3.63, 3.8) is 0 Å². The standard InChI is InChI=1S/C13H28BN/c1-11(2)15-9-7-12(3,4)13(5,6)14-8-10-15/h11,14H,7-10H2,1-6H3. The molecule has 1 heterocycles. The Hall–Kier alpha value is 0.0249. The first-order valence-corrected chi connectivity index (χ1v) is 6.50. The molecule has 0 radical (unpaired) electrons. The lowest BCUT2D eigenvalue weighted by molar-refractivity contribution is 0.153. The van der Waals surface area contributed by atoms with Crippen molar-refractivity contribution in [1.29, 1.82) is 0 Å². The summed E-state index contributed by atoms with van der Waals surface area (Å²) in [7, 11) is 1.36. The van der Waals surface area contributed by atoms with E-state index in [4.69, 9.17) is 0 Å². The normalized spacial score (nSPS) is 26.9. The van der Waals surface area contributed by atoms with Gasteiger partial charge >= 0.3 is 0 Å². The zero-order valence-electron chi connectivity index (χ0n) is 11.6. The van der Waals surface area contributed by atoms with Crippen molar-refractivity contribution in [1.82, 2.24) is 4.90 Å². The van der Waals surface area contributed by atoms with Crippen LogP contribution >= 0.6 is 0 Å². The third-order valence-electron chi connectivity index (χ3n) is 4.83. The minimum atomic E-state index is 0.473. The molecule has 1 saturated heterocycles. The smallest absolute Gasteiger partial charge is 0.129 e. The van der Waals surface area contributed by atoms with E-state index in [0.717, 1.165) is 0 Å². The molecule has 1 aliphatic heterocycles. The van der Waals surface area contributed by atoms with Gasteiger partial charge in [-0.1, -0.05) is 39.3 Å². The van der Waals surface area contributed by atoms with Gasteiger partial charge in [-0.15, -0.1) is 0 Å². The van der Waals surface area contributed by atoms with Crippen molar-refractivity contribution >= 4 is 7.28 Å². The molecule has 0 N–H and O–H groups in total. The highest BCUT2D eigenvalue weighted by Crippen LogP contribution is 2.48. The third kappa shape index (κ3) is 2.99. The van der Waals surface area contributed by atoms with Crippen molar-refractivity contribution < 1.29 is 0 Å². The maximum absolute atomic E-state index is 2.64. The van der Waals surface area contributed by atoms with E-state index in [1.54, 1.807) is 0 Å². The minimum absolute atomic E-state index is 0.473. The Morgan fingerprint density at radius 1 is 1.07 bits per heavy atom. The van der Waals surface area contributed by atoms with Crippen LogP contribution in [-0.2, 0) is 0 Å². The molecule has 0 saturated carbocycles. The largest absolute Gasteiger partial charge is 0.302 e. The molecule has 1 aliphatic rings. The Kier molecular flexibility index (Phi) is 3.92. The van der Waals surface area contributed by atoms with Gasteiger partial charge in [0.1, 0.15) is 7.28 Å². The predicted molar refractivity (Wildman–Crippen MR) is 71.1 cm³/mol. The lowest BCUT2D eigenvalue weighted by Gasteiger charge is -2.45. The van der Waals surface area contributed by atoms with Gasteiger partial charge in [0.15, 0.2) is 0 Å². The Morgan fingerprint density at radius 2 is 1.67 bits per heavy atom. The van der Waals surface area contributed by atoms with Crippen LogP contribution in [0.1, 0.15) is 48.0 Å². The zero-order chi connectivity index (χ0) is 11.7. The lowest BCUT2D eigenvalue weighted by Crippen LogP contribution is -2.42. The molecule has 1 fully saturated rings. The first-order chi connectivity index (χ1) is 6.76. The van der Waals surface area contributed by atoms with Crippen LogP contribution in [0.25, 0.3) is 0 Å². The SMILES string of the molecule is CC(C)N1CCBC(C)(C)C(C)(C)CC1. The van der Waals surface area contributed by atoms with E-state index in [1.807, 2.05) is 0 Å². The molecular weight excluding hydrogens is 181 g/mol. The van der Waals surface area contributed by atoms with Crippen LogP contribution in [0.3, 0.4) is 0 Å². The molecule has 0 amide bonds. The minimum Gasteiger partial charge on any atom is -0.302 e. The van der Waals surface area contributed by atoms with Crippen LogP contribution in [0, 0.1) is 5.41 Å². The van der Waals surface area contributed by atoms with Gasteiger partial charge in [-0.25, -0.2) is 0 Å². The number of hydrogen-bond donors (Lipinski definition) is 0. The number of hydrogen-bond acceptors (Lipinski definition) is 1. The van der Waals surface area contributed by atoms with Crippen molar-refractivity contribution in [2.24, 2.45) is 5.41 Å². The zero-order valence-corrected chi connectivity index (χ0v) is 11.6. The Balaban J connectivity index is 2.68. The fourth-order valence-electron chi connectivity index (χ4n) is 2.45. The van der Waals surface area contributed by atoms with E-state index in [2.05, 4.69) is 46.4 Å². The van der Waals surface area contributed by atoms with E-state index in [-0.39, 0.29) is 0 Å². The maximum Gasteiger partial charge on any atom is 0.129 e. The Morgan fingerprint density at radius 3 is 2.20 bits per heavy atom. The van der Waals surface area contributed by atoms with Crippen LogP contribution < -0.4 is 0 Å². The predicted octanol–water partition coefficient (Wildman–Crippen LogP) is 3.18. The molecule has 0 aromatic carbocycles. The highest BCUT2D eigenvalue weighted by atomic mass is 15.1. The average molecular weight is 209 g/mol. The van der Waals surface area contributed by atoms with Crippen molar-refractivity contribution in [3.05, 3.63) is 0 Å². The van der Waals surface area contributed by atoms with Crippen LogP contribution in [0.5, 0.6) is 0 Å². The first-order valence-electron chi connectivity index (χ1n) is 6.50. The first kappa shape index (κ1) is 13.1. The molecule has 1 nitrogen and oxygen atoms in total. The van der Waals surface area contributed by atoms with Crippen LogP contribution in [-0.4, -0.2) is 31.3 Å². The Labute approximate surface area is 96.9 Å². The summed E-state index contributed by atoms with van der Waals surface area (Å²) >= 11 is 0. The van der Waals surface area contributed by atoms with Gasteiger partial charge < -0.3 is 4.90 Å². The van der Waals surface area contributed by atoms with Gasteiger partial charge in [-0.2, -0.15) is 0 Å². The quantitative estimate of drug-likeness (QED) is 0.599. The second kappa shape index (κ2) is 4.49. The summed E-state index contributed by atoms with van der Waals surface area (Å²) in [5, 5.41) is 0.496. The fraction of sp³-hybridized carbons (Fsp3) is 1.00. The van der Waals surface area contributed by atoms with Crippen LogP contribution in [0.15, 0.2) is 0 Å². The topological polar surface area (TPSA) is 3.24 Å². The highest BCUT2D eigenvalue weighted by Gasteiger charge is 2.38. The molecule has 0 aromatic heterocycles. The molecule has 0 spiro atoms. The van der Waals surface area contributed by atoms with Gasteiger partial charge in [-0.05, 0) is 38.8 Å². The third-order valence-corrected chi connectivity index (χ3v) is 4.83. The highest BCUT2D eigenvalue weighted by molar-refractivity contribution is 6.40. The summed E-state index contributed by atoms with van der Waals surface area (Å²) in [5.74, 6) is 0. The Bertz CT molecular complexity index is 209. The van der Waals surface area contributed by atoms with Gasteiger partial charge in [0.25, 0.3) is 0 Å². The summed E-state index contributed by atoms with van der Waals surface area (Å²) in [6.07, 6.45) is 2.69. The monoisotopic (exact) mass is 209 g/mol. The molecule has 0 bridgehead atoms. The maximum atomic E-state index is 2.64. The van der Waals surface area contributed by atoms with E-state index < -0.39 is 0 Å². The van der Waals surface area contributed by atoms with Crippen molar-refractivity contribution in [2.75, 3.05) is 13.1 Å². The molecule has 15 heavy (non-hydrogen) atoms. The summed E-state index contributed by atoms with van der Waals surface area (Å²) in [6, 6.07) is 0.710. The van der Waals surface area contributed by atoms with Gasteiger partial charge in [-0.3, -0.25) is 0 Å². The summed E-state index contributed by atoms with van der Waals surface area (Å²) in [5.41, 5.74) is 0.473. The van der Waals surface area contributed by atoms with Crippen molar-refractivity contribution in [2.45, 2.75) is 65.6 Å². The van der Waals surface area contributed by atoms with E-state index in [9.17, 15) is 0 Å². The molecule has 0 unspecified atom stereocenters. The molecule has 88 valence electrons. The summed E-state index contributed by atoms with van der Waals surface area (Å²) in [6.45, 7) is 17.0. The van der Waals surface area contributed by atoms with E-state index in [1.165, 1.54) is 33.1 Å². The summed E-state index contributed by atoms with van der Waals surface area (Å²) < 4.78 is 0. The van der Waals surface area contributed by atoms with Gasteiger partial charge in [0.2, 0.25) is 0 Å². The number of rotatable bonds is 1. The van der Waals surface area contributed by atoms with Crippen molar-refractivity contribution in [3.8, 4) is 0 Å². The molecular formula is C13H28BN. The van der Waals surface area contributed by atoms with Crippen LogP contribution in [0.2, 0.25) is 11.6 Å². The van der Waals surface area contributed by atoms with Gasteiger partial charge in [0.05, 0.1) is 0 Å². The lowest BCUT2D eigenvalue weighted by atomic mass is 9.42. The summed E-state index contributed by atoms with van der Waals surface area (Å²) in [4.78, 5) is 2.64. The van der Waals surface area contributed by atoms with E-state index >= 15 is 0 Å². The fourth-order valence-corrected chi connectivity index (χ4v) is 2.45. The average Bonchev–Trinajstić information content (AvgIpc) is 2.08. The molecule has 2 heteroatoms. The second-order valence-corrected chi connectivity index (χ2v) is 6.75. The van der Waals surface area contributed by atoms with Gasteiger partial charge in [0, 0.05) is 6.04 Å². The van der Waals surface area contributed by atoms with Crippen LogP contribution in [0.4, 0.5) is 0 Å². The molecule has 1 rings (SSSR count). The molecule has 0 atom stereocenters. The van der Waals surface area contributed by atoms with E-state index in [0.29, 0.717) is 16.8 Å². The number of nitrogens with zero attached hydrogens (tertiary/aromatic N) is 1. The second-order valence-electron chi connectivity index (χ2n) is 6.75.